The molecular weight excluding hydrogens is 252 g/mol. The quantitative estimate of drug-likeness (QED) is 0.646. The van der Waals surface area contributed by atoms with E-state index in [1.807, 2.05) is 31.2 Å². The Hall–Kier alpha value is -1.06. The lowest BCUT2D eigenvalue weighted by atomic mass is 10.1. The lowest BCUT2D eigenvalue weighted by Gasteiger charge is -2.17. The molecule has 0 fully saturated rings. The number of thiocarbonyl (C=S) groups is 1. The van der Waals surface area contributed by atoms with Crippen molar-refractivity contribution in [2.45, 2.75) is 19.9 Å². The number of hydrogen-bond acceptors (Lipinski definition) is 1. The van der Waals surface area contributed by atoms with Crippen molar-refractivity contribution in [3.8, 4) is 0 Å². The first kappa shape index (κ1) is 14.0. The van der Waals surface area contributed by atoms with Crippen LogP contribution < -0.4 is 10.6 Å². The van der Waals surface area contributed by atoms with Gasteiger partial charge in [-0.1, -0.05) is 35.9 Å². The zero-order valence-electron chi connectivity index (χ0n) is 10.1. The highest BCUT2D eigenvalue weighted by molar-refractivity contribution is 7.80. The Labute approximate surface area is 113 Å². The van der Waals surface area contributed by atoms with Crippen molar-refractivity contribution >= 4 is 28.9 Å². The Morgan fingerprint density at radius 2 is 2.00 bits per heavy atom. The van der Waals surface area contributed by atoms with Gasteiger partial charge in [-0.25, -0.2) is 0 Å². The third-order valence-electron chi connectivity index (χ3n) is 2.27. The van der Waals surface area contributed by atoms with E-state index < -0.39 is 0 Å². The summed E-state index contributed by atoms with van der Waals surface area (Å²) in [7, 11) is 0. The van der Waals surface area contributed by atoms with Crippen molar-refractivity contribution in [1.82, 2.24) is 10.6 Å². The maximum atomic E-state index is 5.84. The van der Waals surface area contributed by atoms with Crippen molar-refractivity contribution < 1.29 is 0 Å². The third kappa shape index (κ3) is 5.20. The molecule has 0 unspecified atom stereocenters. The second-order valence-corrected chi connectivity index (χ2v) is 4.90. The van der Waals surface area contributed by atoms with Gasteiger partial charge in [-0.15, -0.1) is 0 Å². The smallest absolute Gasteiger partial charge is 0.167 e. The molecule has 4 heteroatoms. The standard InChI is InChI=1S/C13H17ClN2S/c1-9(2)8-15-13(17)16-10(3)11-4-6-12(14)7-5-11/h4-7,10H,1,8H2,2-3H3,(H2,15,16,17)/t10-/m0/s1. The highest BCUT2D eigenvalue weighted by atomic mass is 35.5. The second-order valence-electron chi connectivity index (χ2n) is 4.06. The minimum atomic E-state index is 0.150. The highest BCUT2D eigenvalue weighted by Gasteiger charge is 2.06. The van der Waals surface area contributed by atoms with Gasteiger partial charge < -0.3 is 10.6 Å². The van der Waals surface area contributed by atoms with E-state index in [0.29, 0.717) is 11.7 Å². The number of hydrogen-bond donors (Lipinski definition) is 2. The van der Waals surface area contributed by atoms with Crippen LogP contribution in [0.2, 0.25) is 5.02 Å². The average molecular weight is 269 g/mol. The van der Waals surface area contributed by atoms with Crippen molar-refractivity contribution in [3.05, 3.63) is 47.0 Å². The van der Waals surface area contributed by atoms with E-state index in [1.54, 1.807) is 0 Å². The average Bonchev–Trinajstić information content (AvgIpc) is 2.27. The lowest BCUT2D eigenvalue weighted by molar-refractivity contribution is 0.704. The fraction of sp³-hybridized carbons (Fsp3) is 0.308. The summed E-state index contributed by atoms with van der Waals surface area (Å²) in [4.78, 5) is 0. The van der Waals surface area contributed by atoms with E-state index in [1.165, 1.54) is 0 Å². The zero-order valence-corrected chi connectivity index (χ0v) is 11.7. The topological polar surface area (TPSA) is 24.1 Å². The van der Waals surface area contributed by atoms with Crippen molar-refractivity contribution in [2.24, 2.45) is 0 Å². The van der Waals surface area contributed by atoms with E-state index in [2.05, 4.69) is 24.1 Å². The monoisotopic (exact) mass is 268 g/mol. The first-order valence-corrected chi connectivity index (χ1v) is 6.22. The maximum absolute atomic E-state index is 5.84. The molecule has 92 valence electrons. The van der Waals surface area contributed by atoms with E-state index in [-0.39, 0.29) is 6.04 Å². The summed E-state index contributed by atoms with van der Waals surface area (Å²) in [5.74, 6) is 0. The molecule has 0 aliphatic rings. The van der Waals surface area contributed by atoms with Gasteiger partial charge in [0.2, 0.25) is 0 Å². The Balaban J connectivity index is 2.48. The molecule has 2 nitrogen and oxygen atoms in total. The fourth-order valence-corrected chi connectivity index (χ4v) is 1.69. The Morgan fingerprint density at radius 3 is 2.53 bits per heavy atom. The molecule has 0 bridgehead atoms. The molecule has 0 aliphatic heterocycles. The Bertz CT molecular complexity index is 400. The van der Waals surface area contributed by atoms with Crippen molar-refractivity contribution in [3.63, 3.8) is 0 Å². The lowest BCUT2D eigenvalue weighted by Crippen LogP contribution is -2.37. The van der Waals surface area contributed by atoms with Gasteiger partial charge in [0.25, 0.3) is 0 Å². The number of benzene rings is 1. The number of halogens is 1. The summed E-state index contributed by atoms with van der Waals surface area (Å²) in [6, 6.07) is 7.87. The first-order valence-electron chi connectivity index (χ1n) is 5.43. The minimum absolute atomic E-state index is 0.150. The minimum Gasteiger partial charge on any atom is -0.359 e. The molecule has 0 amide bonds. The summed E-state index contributed by atoms with van der Waals surface area (Å²) in [5, 5.41) is 7.67. The van der Waals surface area contributed by atoms with E-state index in [0.717, 1.165) is 16.2 Å². The van der Waals surface area contributed by atoms with Gasteiger partial charge in [0.1, 0.15) is 0 Å². The van der Waals surface area contributed by atoms with Crippen molar-refractivity contribution in [2.75, 3.05) is 6.54 Å². The molecule has 0 radical (unpaired) electrons. The predicted molar refractivity (Wildman–Crippen MR) is 78.4 cm³/mol. The van der Waals surface area contributed by atoms with Crippen LogP contribution >= 0.6 is 23.8 Å². The first-order chi connectivity index (χ1) is 7.99. The molecule has 2 N–H and O–H groups in total. The van der Waals surface area contributed by atoms with Crippen LogP contribution in [0, 0.1) is 0 Å². The molecule has 0 aliphatic carbocycles. The molecular formula is C13H17ClN2S. The third-order valence-corrected chi connectivity index (χ3v) is 2.78. The summed E-state index contributed by atoms with van der Waals surface area (Å²) < 4.78 is 0. The van der Waals surface area contributed by atoms with Gasteiger partial charge in [-0.05, 0) is 43.8 Å². The predicted octanol–water partition coefficient (Wildman–Crippen LogP) is 3.44. The van der Waals surface area contributed by atoms with Crippen LogP contribution in [-0.2, 0) is 0 Å². The zero-order chi connectivity index (χ0) is 12.8. The molecule has 1 aromatic rings. The molecule has 0 saturated heterocycles. The number of nitrogens with one attached hydrogen (secondary N) is 2. The van der Waals surface area contributed by atoms with Crippen LogP contribution in [0.5, 0.6) is 0 Å². The molecule has 1 atom stereocenters. The molecule has 17 heavy (non-hydrogen) atoms. The molecule has 0 saturated carbocycles. The SMILES string of the molecule is C=C(C)CNC(=S)N[C@@H](C)c1ccc(Cl)cc1. The van der Waals surface area contributed by atoms with Crippen LogP contribution in [0.25, 0.3) is 0 Å². The van der Waals surface area contributed by atoms with Gasteiger partial charge in [0, 0.05) is 11.6 Å². The van der Waals surface area contributed by atoms with Gasteiger partial charge in [0.15, 0.2) is 5.11 Å². The van der Waals surface area contributed by atoms with Crippen molar-refractivity contribution in [1.29, 1.82) is 0 Å². The summed E-state index contributed by atoms with van der Waals surface area (Å²) in [5.41, 5.74) is 2.20. The van der Waals surface area contributed by atoms with E-state index >= 15 is 0 Å². The molecule has 0 aromatic heterocycles. The molecule has 0 heterocycles. The van der Waals surface area contributed by atoms with E-state index in [4.69, 9.17) is 23.8 Å². The van der Waals surface area contributed by atoms with Crippen LogP contribution in [0.15, 0.2) is 36.4 Å². The maximum Gasteiger partial charge on any atom is 0.167 e. The summed E-state index contributed by atoms with van der Waals surface area (Å²) in [6.45, 7) is 8.51. The Morgan fingerprint density at radius 1 is 1.41 bits per heavy atom. The van der Waals surface area contributed by atoms with Crippen LogP contribution in [-0.4, -0.2) is 11.7 Å². The van der Waals surface area contributed by atoms with Crippen LogP contribution in [0.1, 0.15) is 25.5 Å². The normalized spacial score (nSPS) is 11.7. The summed E-state index contributed by atoms with van der Waals surface area (Å²) in [6.07, 6.45) is 0. The highest BCUT2D eigenvalue weighted by Crippen LogP contribution is 2.15. The van der Waals surface area contributed by atoms with Crippen LogP contribution in [0.3, 0.4) is 0 Å². The number of rotatable bonds is 4. The molecule has 0 spiro atoms. The second kappa shape index (κ2) is 6.62. The van der Waals surface area contributed by atoms with Gasteiger partial charge in [-0.2, -0.15) is 0 Å². The molecule has 1 rings (SSSR count). The van der Waals surface area contributed by atoms with E-state index in [9.17, 15) is 0 Å². The Kier molecular flexibility index (Phi) is 5.45. The fourth-order valence-electron chi connectivity index (χ4n) is 1.31. The van der Waals surface area contributed by atoms with Gasteiger partial charge in [0.05, 0.1) is 6.04 Å². The van der Waals surface area contributed by atoms with Crippen LogP contribution in [0.4, 0.5) is 0 Å². The van der Waals surface area contributed by atoms with Gasteiger partial charge >= 0.3 is 0 Å². The molecule has 1 aromatic carbocycles. The van der Waals surface area contributed by atoms with Gasteiger partial charge in [-0.3, -0.25) is 0 Å². The largest absolute Gasteiger partial charge is 0.359 e. The summed E-state index contributed by atoms with van der Waals surface area (Å²) >= 11 is 11.0.